The van der Waals surface area contributed by atoms with Crippen LogP contribution in [0.3, 0.4) is 0 Å². The lowest BCUT2D eigenvalue weighted by Crippen LogP contribution is -2.36. The maximum absolute atomic E-state index is 6.05. The Morgan fingerprint density at radius 2 is 2.13 bits per heavy atom. The summed E-state index contributed by atoms with van der Waals surface area (Å²) < 4.78 is 5.31. The minimum Gasteiger partial charge on any atom is -0.378 e. The zero-order valence-electron chi connectivity index (χ0n) is 8.87. The summed E-state index contributed by atoms with van der Waals surface area (Å²) in [7, 11) is 0. The number of pyridine rings is 1. The van der Waals surface area contributed by atoms with Crippen LogP contribution in [-0.4, -0.2) is 31.3 Å². The molecule has 0 aliphatic carbocycles. The molecule has 15 heavy (non-hydrogen) atoms. The quantitative estimate of drug-likeness (QED) is 0.773. The van der Waals surface area contributed by atoms with Gasteiger partial charge in [-0.25, -0.2) is 4.98 Å². The van der Waals surface area contributed by atoms with Gasteiger partial charge in [0.2, 0.25) is 0 Å². The van der Waals surface area contributed by atoms with E-state index < -0.39 is 0 Å². The van der Waals surface area contributed by atoms with Crippen molar-refractivity contribution in [1.82, 2.24) is 4.98 Å². The topological polar surface area (TPSA) is 25.4 Å². The lowest BCUT2D eigenvalue weighted by molar-refractivity contribution is 0.122. The van der Waals surface area contributed by atoms with Crippen molar-refractivity contribution >= 4 is 17.4 Å². The maximum Gasteiger partial charge on any atom is 0.130 e. The Hall–Kier alpha value is -0.800. The third kappa shape index (κ3) is 2.61. The molecule has 0 spiro atoms. The highest BCUT2D eigenvalue weighted by atomic mass is 35.5. The van der Waals surface area contributed by atoms with Gasteiger partial charge in [-0.3, -0.25) is 0 Å². The van der Waals surface area contributed by atoms with Crippen molar-refractivity contribution in [3.63, 3.8) is 0 Å². The van der Waals surface area contributed by atoms with E-state index in [9.17, 15) is 0 Å². The predicted molar refractivity (Wildman–Crippen MR) is 61.7 cm³/mol. The van der Waals surface area contributed by atoms with Crippen molar-refractivity contribution in [3.05, 3.63) is 22.8 Å². The number of morpholine rings is 1. The van der Waals surface area contributed by atoms with E-state index in [1.165, 1.54) is 0 Å². The molecule has 0 N–H and O–H groups in total. The number of hydrogen-bond acceptors (Lipinski definition) is 3. The number of halogens is 1. The lowest BCUT2D eigenvalue weighted by Gasteiger charge is -2.28. The van der Waals surface area contributed by atoms with Gasteiger partial charge in [-0.1, -0.05) is 18.5 Å². The summed E-state index contributed by atoms with van der Waals surface area (Å²) >= 11 is 6.05. The Bertz CT molecular complexity index is 337. The van der Waals surface area contributed by atoms with Crippen molar-refractivity contribution in [2.45, 2.75) is 13.3 Å². The number of anilines is 1. The summed E-state index contributed by atoms with van der Waals surface area (Å²) in [4.78, 5) is 6.78. The molecule has 1 aromatic rings. The van der Waals surface area contributed by atoms with Crippen molar-refractivity contribution in [2.24, 2.45) is 0 Å². The number of aromatic nitrogens is 1. The summed E-state index contributed by atoms with van der Waals surface area (Å²) in [6, 6.07) is 3.84. The smallest absolute Gasteiger partial charge is 0.130 e. The Balaban J connectivity index is 2.22. The van der Waals surface area contributed by atoms with Crippen LogP contribution in [-0.2, 0) is 11.2 Å². The average molecular weight is 227 g/mol. The van der Waals surface area contributed by atoms with E-state index in [1.54, 1.807) is 0 Å². The Labute approximate surface area is 95.0 Å². The monoisotopic (exact) mass is 226 g/mol. The lowest BCUT2D eigenvalue weighted by atomic mass is 10.3. The van der Waals surface area contributed by atoms with Crippen LogP contribution in [0.25, 0.3) is 0 Å². The summed E-state index contributed by atoms with van der Waals surface area (Å²) in [6.45, 7) is 5.43. The van der Waals surface area contributed by atoms with Gasteiger partial charge >= 0.3 is 0 Å². The minimum atomic E-state index is 0.767. The minimum absolute atomic E-state index is 0.767. The van der Waals surface area contributed by atoms with E-state index in [0.717, 1.165) is 49.3 Å². The third-order valence-corrected chi connectivity index (χ3v) is 2.75. The standard InChI is InChI=1S/C11H15ClN2O/c1-2-10-7-9(12)8-11(13-10)14-3-5-15-6-4-14/h7-8H,2-6H2,1H3. The maximum atomic E-state index is 6.05. The molecule has 0 unspecified atom stereocenters. The van der Waals surface area contributed by atoms with Crippen LogP contribution in [0.15, 0.2) is 12.1 Å². The molecule has 0 atom stereocenters. The van der Waals surface area contributed by atoms with Gasteiger partial charge in [0.25, 0.3) is 0 Å². The third-order valence-electron chi connectivity index (χ3n) is 2.53. The summed E-state index contributed by atoms with van der Waals surface area (Å²) in [5.74, 6) is 0.975. The van der Waals surface area contributed by atoms with E-state index in [-0.39, 0.29) is 0 Å². The second-order valence-electron chi connectivity index (χ2n) is 3.59. The van der Waals surface area contributed by atoms with E-state index >= 15 is 0 Å². The molecule has 4 heteroatoms. The largest absolute Gasteiger partial charge is 0.378 e. The van der Waals surface area contributed by atoms with E-state index in [2.05, 4.69) is 16.8 Å². The molecule has 0 radical (unpaired) electrons. The average Bonchev–Trinajstić information content (AvgIpc) is 2.29. The molecule has 1 saturated heterocycles. The molecule has 2 rings (SSSR count). The number of aryl methyl sites for hydroxylation is 1. The molecule has 1 fully saturated rings. The van der Waals surface area contributed by atoms with Crippen LogP contribution in [0, 0.1) is 0 Å². The first-order valence-corrected chi connectivity index (χ1v) is 5.66. The highest BCUT2D eigenvalue weighted by Crippen LogP contribution is 2.20. The van der Waals surface area contributed by atoms with Crippen LogP contribution >= 0.6 is 11.6 Å². The van der Waals surface area contributed by atoms with Gasteiger partial charge < -0.3 is 9.64 Å². The number of nitrogens with zero attached hydrogens (tertiary/aromatic N) is 2. The first-order valence-electron chi connectivity index (χ1n) is 5.28. The zero-order chi connectivity index (χ0) is 10.7. The van der Waals surface area contributed by atoms with Gasteiger partial charge in [-0.2, -0.15) is 0 Å². The van der Waals surface area contributed by atoms with Crippen LogP contribution in [0.2, 0.25) is 5.02 Å². The molecule has 1 aromatic heterocycles. The van der Waals surface area contributed by atoms with Crippen LogP contribution < -0.4 is 4.90 Å². The molecular weight excluding hydrogens is 212 g/mol. The molecule has 3 nitrogen and oxygen atoms in total. The second-order valence-corrected chi connectivity index (χ2v) is 4.02. The van der Waals surface area contributed by atoms with E-state index in [0.29, 0.717) is 0 Å². The summed E-state index contributed by atoms with van der Waals surface area (Å²) in [6.07, 6.45) is 0.915. The van der Waals surface area contributed by atoms with Gasteiger partial charge in [0, 0.05) is 23.8 Å². The number of ether oxygens (including phenoxy) is 1. The van der Waals surface area contributed by atoms with Gasteiger partial charge in [0.05, 0.1) is 13.2 Å². The molecule has 0 bridgehead atoms. The molecule has 1 aliphatic heterocycles. The molecule has 1 aliphatic rings. The molecule has 2 heterocycles. The molecular formula is C11H15ClN2O. The molecule has 82 valence electrons. The normalized spacial score (nSPS) is 16.8. The Morgan fingerprint density at radius 1 is 1.40 bits per heavy atom. The van der Waals surface area contributed by atoms with Crippen LogP contribution in [0.5, 0.6) is 0 Å². The van der Waals surface area contributed by atoms with Gasteiger partial charge in [0.1, 0.15) is 5.82 Å². The molecule has 0 amide bonds. The van der Waals surface area contributed by atoms with Crippen LogP contribution in [0.1, 0.15) is 12.6 Å². The fourth-order valence-corrected chi connectivity index (χ4v) is 1.89. The first kappa shape index (κ1) is 10.7. The van der Waals surface area contributed by atoms with Crippen molar-refractivity contribution in [3.8, 4) is 0 Å². The van der Waals surface area contributed by atoms with E-state index in [4.69, 9.17) is 16.3 Å². The fraction of sp³-hybridized carbons (Fsp3) is 0.545. The predicted octanol–water partition coefficient (Wildman–Crippen LogP) is 2.13. The molecule has 0 aromatic carbocycles. The second kappa shape index (κ2) is 4.81. The summed E-state index contributed by atoms with van der Waals surface area (Å²) in [5, 5.41) is 0.767. The first-order chi connectivity index (χ1) is 7.29. The van der Waals surface area contributed by atoms with Gasteiger partial charge in [-0.15, -0.1) is 0 Å². The Morgan fingerprint density at radius 3 is 2.80 bits per heavy atom. The van der Waals surface area contributed by atoms with E-state index in [1.807, 2.05) is 12.1 Å². The highest BCUT2D eigenvalue weighted by Gasteiger charge is 2.13. The number of rotatable bonds is 2. The van der Waals surface area contributed by atoms with Gasteiger partial charge in [0.15, 0.2) is 0 Å². The highest BCUT2D eigenvalue weighted by molar-refractivity contribution is 6.30. The van der Waals surface area contributed by atoms with Crippen LogP contribution in [0.4, 0.5) is 5.82 Å². The van der Waals surface area contributed by atoms with Crippen molar-refractivity contribution < 1.29 is 4.74 Å². The summed E-state index contributed by atoms with van der Waals surface area (Å²) in [5.41, 5.74) is 1.05. The SMILES string of the molecule is CCc1cc(Cl)cc(N2CCOCC2)n1. The zero-order valence-corrected chi connectivity index (χ0v) is 9.63. The van der Waals surface area contributed by atoms with Crippen molar-refractivity contribution in [1.29, 1.82) is 0 Å². The van der Waals surface area contributed by atoms with Crippen molar-refractivity contribution in [2.75, 3.05) is 31.2 Å². The fourth-order valence-electron chi connectivity index (χ4n) is 1.67. The van der Waals surface area contributed by atoms with Gasteiger partial charge in [-0.05, 0) is 18.6 Å². The molecule has 0 saturated carbocycles. The number of hydrogen-bond donors (Lipinski definition) is 0. The Kier molecular flexibility index (Phi) is 3.44.